The van der Waals surface area contributed by atoms with Crippen LogP contribution < -0.4 is 11.5 Å². The molecule has 1 atom stereocenters. The molecule has 0 radical (unpaired) electrons. The van der Waals surface area contributed by atoms with E-state index in [-0.39, 0.29) is 6.04 Å². The van der Waals surface area contributed by atoms with E-state index in [1.807, 2.05) is 6.07 Å². The Hall–Kier alpha value is -1.44. The van der Waals surface area contributed by atoms with E-state index in [2.05, 4.69) is 4.98 Å². The fraction of sp³-hybridized carbons (Fsp3) is 0.250. The van der Waals surface area contributed by atoms with E-state index in [4.69, 9.17) is 16.7 Å². The fourth-order valence-corrected chi connectivity index (χ4v) is 0.827. The van der Waals surface area contributed by atoms with Crippen molar-refractivity contribution in [3.63, 3.8) is 0 Å². The minimum absolute atomic E-state index is 0.190. The molecule has 0 amide bonds. The first-order valence-electron chi connectivity index (χ1n) is 3.59. The van der Waals surface area contributed by atoms with Gasteiger partial charge in [0, 0.05) is 18.8 Å². The van der Waals surface area contributed by atoms with Gasteiger partial charge in [0.25, 0.3) is 0 Å². The highest BCUT2D eigenvalue weighted by Gasteiger charge is 2.02. The van der Waals surface area contributed by atoms with Gasteiger partial charge < -0.3 is 11.5 Å². The second-order valence-corrected chi connectivity index (χ2v) is 2.43. The predicted octanol–water partition coefficient (Wildman–Crippen LogP) is -0.0882. The van der Waals surface area contributed by atoms with E-state index < -0.39 is 0 Å². The normalized spacial score (nSPS) is 12.1. The van der Waals surface area contributed by atoms with E-state index in [1.165, 1.54) is 0 Å². The lowest BCUT2D eigenvalue weighted by Gasteiger charge is -2.06. The summed E-state index contributed by atoms with van der Waals surface area (Å²) in [6, 6.07) is 5.14. The number of nitrogens with two attached hydrogens (primary N) is 2. The Morgan fingerprint density at radius 1 is 1.58 bits per heavy atom. The molecule has 0 aromatic carbocycles. The van der Waals surface area contributed by atoms with Gasteiger partial charge in [-0.1, -0.05) is 6.07 Å². The van der Waals surface area contributed by atoms with E-state index in [0.29, 0.717) is 12.2 Å². The number of rotatable bonds is 2. The zero-order valence-electron chi connectivity index (χ0n) is 6.57. The second-order valence-electron chi connectivity index (χ2n) is 2.43. The first-order valence-corrected chi connectivity index (χ1v) is 3.59. The molecule has 12 heavy (non-hydrogen) atoms. The molecule has 4 heteroatoms. The van der Waals surface area contributed by atoms with Crippen molar-refractivity contribution in [3.05, 3.63) is 29.6 Å². The standard InChI is InChI=1S/C8H10N4/c9-3-7-2-1-6(5-12-7)8(11)4-10/h1-2,5,8H,4,10-11H2/t8-/m1/s1. The van der Waals surface area contributed by atoms with E-state index in [1.54, 1.807) is 18.3 Å². The zero-order chi connectivity index (χ0) is 8.97. The van der Waals surface area contributed by atoms with Crippen molar-refractivity contribution in [2.75, 3.05) is 6.54 Å². The Morgan fingerprint density at radius 3 is 2.75 bits per heavy atom. The Labute approximate surface area is 70.8 Å². The molecular weight excluding hydrogens is 152 g/mol. The number of hydrogen-bond acceptors (Lipinski definition) is 4. The van der Waals surface area contributed by atoms with Crippen LogP contribution in [0.15, 0.2) is 18.3 Å². The third kappa shape index (κ3) is 1.78. The number of nitrogens with zero attached hydrogens (tertiary/aromatic N) is 2. The molecule has 1 rings (SSSR count). The lowest BCUT2D eigenvalue weighted by Crippen LogP contribution is -2.20. The highest BCUT2D eigenvalue weighted by Crippen LogP contribution is 2.06. The molecule has 0 fully saturated rings. The third-order valence-corrected chi connectivity index (χ3v) is 1.58. The number of hydrogen-bond donors (Lipinski definition) is 2. The molecular formula is C8H10N4. The van der Waals surface area contributed by atoms with Crippen LogP contribution >= 0.6 is 0 Å². The van der Waals surface area contributed by atoms with Gasteiger partial charge in [0.2, 0.25) is 0 Å². The van der Waals surface area contributed by atoms with Crippen LogP contribution in [0.4, 0.5) is 0 Å². The summed E-state index contributed by atoms with van der Waals surface area (Å²) in [7, 11) is 0. The van der Waals surface area contributed by atoms with Crippen LogP contribution in [0, 0.1) is 11.3 Å². The van der Waals surface area contributed by atoms with Crippen molar-refractivity contribution < 1.29 is 0 Å². The van der Waals surface area contributed by atoms with Crippen molar-refractivity contribution in [2.24, 2.45) is 11.5 Å². The quantitative estimate of drug-likeness (QED) is 0.636. The second kappa shape index (κ2) is 3.81. The van der Waals surface area contributed by atoms with Crippen molar-refractivity contribution in [2.45, 2.75) is 6.04 Å². The minimum atomic E-state index is -0.190. The van der Waals surface area contributed by atoms with Crippen molar-refractivity contribution in [3.8, 4) is 6.07 Å². The molecule has 4 nitrogen and oxygen atoms in total. The van der Waals surface area contributed by atoms with Gasteiger partial charge in [0.05, 0.1) is 0 Å². The topological polar surface area (TPSA) is 88.7 Å². The van der Waals surface area contributed by atoms with Gasteiger partial charge in [-0.25, -0.2) is 4.98 Å². The molecule has 1 aromatic heterocycles. The molecule has 4 N–H and O–H groups in total. The van der Waals surface area contributed by atoms with Crippen molar-refractivity contribution in [1.82, 2.24) is 4.98 Å². The zero-order valence-corrected chi connectivity index (χ0v) is 6.57. The summed E-state index contributed by atoms with van der Waals surface area (Å²) < 4.78 is 0. The maximum absolute atomic E-state index is 8.46. The lowest BCUT2D eigenvalue weighted by atomic mass is 10.1. The molecule has 0 saturated heterocycles. The van der Waals surface area contributed by atoms with Gasteiger partial charge in [-0.15, -0.1) is 0 Å². The summed E-state index contributed by atoms with van der Waals surface area (Å²) in [5.41, 5.74) is 12.2. The predicted molar refractivity (Wildman–Crippen MR) is 44.9 cm³/mol. The van der Waals surface area contributed by atoms with Crippen LogP contribution in [0.1, 0.15) is 17.3 Å². The van der Waals surface area contributed by atoms with E-state index in [0.717, 1.165) is 5.56 Å². The van der Waals surface area contributed by atoms with Crippen LogP contribution in [0.25, 0.3) is 0 Å². The monoisotopic (exact) mass is 162 g/mol. The maximum Gasteiger partial charge on any atom is 0.140 e. The molecule has 1 aromatic rings. The first-order chi connectivity index (χ1) is 5.77. The number of nitriles is 1. The summed E-state index contributed by atoms with van der Waals surface area (Å²) in [5.74, 6) is 0. The SMILES string of the molecule is N#Cc1ccc([C@H](N)CN)cn1. The fourth-order valence-electron chi connectivity index (χ4n) is 0.827. The lowest BCUT2D eigenvalue weighted by molar-refractivity contribution is 0.732. The highest BCUT2D eigenvalue weighted by atomic mass is 14.7. The van der Waals surface area contributed by atoms with Crippen molar-refractivity contribution in [1.29, 1.82) is 5.26 Å². The van der Waals surface area contributed by atoms with Crippen LogP contribution in [0.2, 0.25) is 0 Å². The van der Waals surface area contributed by atoms with Crippen LogP contribution in [-0.4, -0.2) is 11.5 Å². The number of pyridine rings is 1. The first kappa shape index (κ1) is 8.65. The Morgan fingerprint density at radius 2 is 2.33 bits per heavy atom. The molecule has 0 aliphatic rings. The summed E-state index contributed by atoms with van der Waals surface area (Å²) in [5, 5.41) is 8.46. The summed E-state index contributed by atoms with van der Waals surface area (Å²) >= 11 is 0. The average molecular weight is 162 g/mol. The van der Waals surface area contributed by atoms with Crippen LogP contribution in [-0.2, 0) is 0 Å². The minimum Gasteiger partial charge on any atom is -0.329 e. The molecule has 0 saturated carbocycles. The van der Waals surface area contributed by atoms with Gasteiger partial charge in [-0.3, -0.25) is 0 Å². The summed E-state index contributed by atoms with van der Waals surface area (Å²) in [4.78, 5) is 3.87. The molecule has 0 bridgehead atoms. The van der Waals surface area contributed by atoms with E-state index >= 15 is 0 Å². The molecule has 1 heterocycles. The van der Waals surface area contributed by atoms with Crippen LogP contribution in [0.5, 0.6) is 0 Å². The van der Waals surface area contributed by atoms with E-state index in [9.17, 15) is 0 Å². The summed E-state index contributed by atoms with van der Waals surface area (Å²) in [6.45, 7) is 0.383. The largest absolute Gasteiger partial charge is 0.329 e. The molecule has 0 aliphatic heterocycles. The Balaban J connectivity index is 2.86. The Kier molecular flexibility index (Phi) is 2.75. The van der Waals surface area contributed by atoms with Gasteiger partial charge >= 0.3 is 0 Å². The van der Waals surface area contributed by atoms with Crippen LogP contribution in [0.3, 0.4) is 0 Å². The molecule has 0 aliphatic carbocycles. The molecule has 0 unspecified atom stereocenters. The Bertz CT molecular complexity index is 285. The summed E-state index contributed by atoms with van der Waals surface area (Å²) in [6.07, 6.45) is 1.58. The van der Waals surface area contributed by atoms with Crippen molar-refractivity contribution >= 4 is 0 Å². The van der Waals surface area contributed by atoms with Gasteiger partial charge in [0.15, 0.2) is 0 Å². The maximum atomic E-state index is 8.46. The average Bonchev–Trinajstić information content (AvgIpc) is 2.17. The molecule has 0 spiro atoms. The van der Waals surface area contributed by atoms with Gasteiger partial charge in [0.1, 0.15) is 11.8 Å². The van der Waals surface area contributed by atoms with Gasteiger partial charge in [-0.2, -0.15) is 5.26 Å². The number of aromatic nitrogens is 1. The molecule has 62 valence electrons. The van der Waals surface area contributed by atoms with Gasteiger partial charge in [-0.05, 0) is 11.6 Å². The highest BCUT2D eigenvalue weighted by molar-refractivity contribution is 5.24. The smallest absolute Gasteiger partial charge is 0.140 e. The third-order valence-electron chi connectivity index (χ3n) is 1.58.